The third kappa shape index (κ3) is 4.06. The van der Waals surface area contributed by atoms with Crippen molar-refractivity contribution in [2.45, 2.75) is 12.8 Å². The zero-order valence-corrected chi connectivity index (χ0v) is 16.7. The highest BCUT2D eigenvalue weighted by Gasteiger charge is 2.52. The van der Waals surface area contributed by atoms with E-state index < -0.39 is 10.0 Å². The Morgan fingerprint density at radius 1 is 1.31 bits per heavy atom. The lowest BCUT2D eigenvalue weighted by Gasteiger charge is -2.43. The van der Waals surface area contributed by atoms with Gasteiger partial charge in [-0.1, -0.05) is 23.7 Å². The molecule has 1 amide bonds. The Hall–Kier alpha value is -1.15. The molecule has 0 radical (unpaired) electrons. The van der Waals surface area contributed by atoms with Crippen LogP contribution in [0.2, 0.25) is 5.02 Å². The van der Waals surface area contributed by atoms with E-state index in [1.54, 1.807) is 19.2 Å². The molecule has 2 atom stereocenters. The zero-order valence-electron chi connectivity index (χ0n) is 15.2. The van der Waals surface area contributed by atoms with Crippen molar-refractivity contribution in [3.63, 3.8) is 0 Å². The summed E-state index contributed by atoms with van der Waals surface area (Å²) in [6, 6.07) is 7.29. The SMILES string of the molecule is COC[C@@]12CCN(C(=O)Cc3ccc(Cl)cc3)C[C@@H]1CN(S(C)(=O)=O)C2. The lowest BCUT2D eigenvalue weighted by Crippen LogP contribution is -2.51. The van der Waals surface area contributed by atoms with Gasteiger partial charge in [-0.3, -0.25) is 4.79 Å². The lowest BCUT2D eigenvalue weighted by molar-refractivity contribution is -0.134. The fourth-order valence-corrected chi connectivity index (χ4v) is 5.19. The molecule has 8 heteroatoms. The van der Waals surface area contributed by atoms with Crippen LogP contribution in [0.5, 0.6) is 0 Å². The molecule has 0 N–H and O–H groups in total. The molecule has 0 spiro atoms. The Kier molecular flexibility index (Phi) is 5.63. The minimum absolute atomic E-state index is 0.0659. The highest BCUT2D eigenvalue weighted by molar-refractivity contribution is 7.88. The molecule has 2 aliphatic rings. The minimum Gasteiger partial charge on any atom is -0.384 e. The van der Waals surface area contributed by atoms with E-state index in [2.05, 4.69) is 0 Å². The van der Waals surface area contributed by atoms with Gasteiger partial charge in [0.15, 0.2) is 0 Å². The number of methoxy groups -OCH3 is 1. The summed E-state index contributed by atoms with van der Waals surface area (Å²) in [4.78, 5) is 14.6. The summed E-state index contributed by atoms with van der Waals surface area (Å²) in [5.74, 6) is 0.163. The predicted molar refractivity (Wildman–Crippen MR) is 101 cm³/mol. The maximum atomic E-state index is 12.7. The van der Waals surface area contributed by atoms with Crippen LogP contribution < -0.4 is 0 Å². The number of amides is 1. The maximum Gasteiger partial charge on any atom is 0.226 e. The van der Waals surface area contributed by atoms with Gasteiger partial charge in [0.2, 0.25) is 15.9 Å². The van der Waals surface area contributed by atoms with Gasteiger partial charge in [-0.05, 0) is 30.0 Å². The number of piperidine rings is 1. The quantitative estimate of drug-likeness (QED) is 0.753. The predicted octanol–water partition coefficient (Wildman–Crippen LogP) is 1.64. The molecule has 0 unspecified atom stereocenters. The molecule has 0 saturated carbocycles. The van der Waals surface area contributed by atoms with Gasteiger partial charge in [0.25, 0.3) is 0 Å². The van der Waals surface area contributed by atoms with Crippen LogP contribution in [0, 0.1) is 11.3 Å². The van der Waals surface area contributed by atoms with Crippen LogP contribution in [-0.4, -0.2) is 69.7 Å². The molecule has 1 aromatic carbocycles. The van der Waals surface area contributed by atoms with E-state index in [0.717, 1.165) is 12.0 Å². The number of hydrogen-bond donors (Lipinski definition) is 0. The first kappa shape index (κ1) is 19.6. The molecule has 2 saturated heterocycles. The van der Waals surface area contributed by atoms with Gasteiger partial charge in [0.1, 0.15) is 0 Å². The standard InChI is InChI=1S/C18H25ClN2O4S/c1-25-13-18-7-8-20(10-15(18)11-21(12-18)26(2,23)24)17(22)9-14-3-5-16(19)6-4-14/h3-6,15H,7-13H2,1-2H3/t15-,18+/m1/s1. The van der Waals surface area contributed by atoms with Gasteiger partial charge in [-0.15, -0.1) is 0 Å². The van der Waals surface area contributed by atoms with Gasteiger partial charge in [-0.25, -0.2) is 12.7 Å². The van der Waals surface area contributed by atoms with Gasteiger partial charge in [-0.2, -0.15) is 0 Å². The number of ether oxygens (including phenoxy) is 1. The van der Waals surface area contributed by atoms with Crippen molar-refractivity contribution >= 4 is 27.5 Å². The van der Waals surface area contributed by atoms with Crippen LogP contribution in [0.25, 0.3) is 0 Å². The highest BCUT2D eigenvalue weighted by atomic mass is 35.5. The summed E-state index contributed by atoms with van der Waals surface area (Å²) in [5, 5.41) is 0.648. The van der Waals surface area contributed by atoms with Crippen molar-refractivity contribution in [2.75, 3.05) is 46.2 Å². The molecular formula is C18H25ClN2O4S. The zero-order chi connectivity index (χ0) is 18.9. The Balaban J connectivity index is 1.70. The minimum atomic E-state index is -3.25. The number of halogens is 1. The van der Waals surface area contributed by atoms with E-state index in [-0.39, 0.29) is 17.2 Å². The molecule has 2 aliphatic heterocycles. The smallest absolute Gasteiger partial charge is 0.226 e. The second kappa shape index (κ2) is 7.46. The van der Waals surface area contributed by atoms with Gasteiger partial charge in [0.05, 0.1) is 19.3 Å². The van der Waals surface area contributed by atoms with E-state index in [0.29, 0.717) is 44.2 Å². The van der Waals surface area contributed by atoms with Gasteiger partial charge in [0, 0.05) is 43.7 Å². The van der Waals surface area contributed by atoms with Crippen molar-refractivity contribution in [2.24, 2.45) is 11.3 Å². The summed E-state index contributed by atoms with van der Waals surface area (Å²) in [5.41, 5.74) is 0.729. The Bertz CT molecular complexity index is 768. The molecule has 0 bridgehead atoms. The second-order valence-corrected chi connectivity index (χ2v) is 9.86. The number of carbonyl (C=O) groups excluding carboxylic acids is 1. The van der Waals surface area contributed by atoms with Crippen molar-refractivity contribution in [1.29, 1.82) is 0 Å². The second-order valence-electron chi connectivity index (χ2n) is 7.44. The first-order chi connectivity index (χ1) is 12.2. The van der Waals surface area contributed by atoms with E-state index in [9.17, 15) is 13.2 Å². The lowest BCUT2D eigenvalue weighted by atomic mass is 9.73. The number of fused-ring (bicyclic) bond motifs is 1. The first-order valence-corrected chi connectivity index (χ1v) is 10.9. The summed E-state index contributed by atoms with van der Waals surface area (Å²) in [7, 11) is -1.60. The highest BCUT2D eigenvalue weighted by Crippen LogP contribution is 2.44. The maximum absolute atomic E-state index is 12.7. The molecule has 3 rings (SSSR count). The van der Waals surface area contributed by atoms with Crippen LogP contribution in [0.3, 0.4) is 0 Å². The van der Waals surface area contributed by atoms with Gasteiger partial charge >= 0.3 is 0 Å². The topological polar surface area (TPSA) is 66.9 Å². The normalized spacial score (nSPS) is 26.7. The molecule has 2 fully saturated rings. The Labute approximate surface area is 160 Å². The third-order valence-electron chi connectivity index (χ3n) is 5.62. The average molecular weight is 401 g/mol. The van der Waals surface area contributed by atoms with E-state index in [1.165, 1.54) is 10.6 Å². The monoisotopic (exact) mass is 400 g/mol. The first-order valence-electron chi connectivity index (χ1n) is 8.70. The van der Waals surface area contributed by atoms with E-state index in [1.807, 2.05) is 17.0 Å². The number of carbonyl (C=O) groups is 1. The number of benzene rings is 1. The third-order valence-corrected chi connectivity index (χ3v) is 7.09. The fourth-order valence-electron chi connectivity index (χ4n) is 4.12. The van der Waals surface area contributed by atoms with Gasteiger partial charge < -0.3 is 9.64 Å². The molecule has 0 aromatic heterocycles. The van der Waals surface area contributed by atoms with E-state index >= 15 is 0 Å². The Morgan fingerprint density at radius 3 is 2.62 bits per heavy atom. The fraction of sp³-hybridized carbons (Fsp3) is 0.611. The summed E-state index contributed by atoms with van der Waals surface area (Å²) < 4.78 is 30.9. The number of rotatable bonds is 5. The van der Waals surface area contributed by atoms with Crippen LogP contribution in [0.1, 0.15) is 12.0 Å². The summed E-state index contributed by atoms with van der Waals surface area (Å²) in [6.45, 7) is 2.64. The molecule has 6 nitrogen and oxygen atoms in total. The number of sulfonamides is 1. The number of hydrogen-bond acceptors (Lipinski definition) is 4. The number of nitrogens with zero attached hydrogens (tertiary/aromatic N) is 2. The molecular weight excluding hydrogens is 376 g/mol. The van der Waals surface area contributed by atoms with Crippen molar-refractivity contribution in [1.82, 2.24) is 9.21 Å². The van der Waals surface area contributed by atoms with Crippen molar-refractivity contribution < 1.29 is 17.9 Å². The summed E-state index contributed by atoms with van der Waals surface area (Å²) >= 11 is 5.89. The molecule has 144 valence electrons. The van der Waals surface area contributed by atoms with E-state index in [4.69, 9.17) is 16.3 Å². The van der Waals surface area contributed by atoms with Crippen LogP contribution in [0.15, 0.2) is 24.3 Å². The van der Waals surface area contributed by atoms with Crippen molar-refractivity contribution in [3.05, 3.63) is 34.9 Å². The summed E-state index contributed by atoms with van der Waals surface area (Å²) in [6.07, 6.45) is 2.33. The average Bonchev–Trinajstić information content (AvgIpc) is 2.96. The largest absolute Gasteiger partial charge is 0.384 e. The van der Waals surface area contributed by atoms with Crippen molar-refractivity contribution in [3.8, 4) is 0 Å². The van der Waals surface area contributed by atoms with Crippen LogP contribution in [-0.2, 0) is 26.0 Å². The molecule has 1 aromatic rings. The van der Waals surface area contributed by atoms with Crippen LogP contribution >= 0.6 is 11.6 Å². The molecule has 26 heavy (non-hydrogen) atoms. The molecule has 0 aliphatic carbocycles. The van der Waals surface area contributed by atoms with Crippen LogP contribution in [0.4, 0.5) is 0 Å². The molecule has 2 heterocycles. The Morgan fingerprint density at radius 2 is 2.00 bits per heavy atom. The number of likely N-dealkylation sites (tertiary alicyclic amines) is 1.